The van der Waals surface area contributed by atoms with Crippen LogP contribution in [0.25, 0.3) is 5.65 Å². The van der Waals surface area contributed by atoms with Gasteiger partial charge in [-0.1, -0.05) is 12.1 Å². The van der Waals surface area contributed by atoms with E-state index in [0.717, 1.165) is 30.8 Å². The van der Waals surface area contributed by atoms with Crippen LogP contribution in [0.15, 0.2) is 42.6 Å². The summed E-state index contributed by atoms with van der Waals surface area (Å²) >= 11 is 0. The summed E-state index contributed by atoms with van der Waals surface area (Å²) in [6.07, 6.45) is 2.92. The molecule has 7 nitrogen and oxygen atoms in total. The maximum absolute atomic E-state index is 13.7. The summed E-state index contributed by atoms with van der Waals surface area (Å²) in [6, 6.07) is 10.5. The van der Waals surface area contributed by atoms with Gasteiger partial charge in [0.2, 0.25) is 0 Å². The average molecular weight is 369 g/mol. The molecule has 3 heterocycles. The van der Waals surface area contributed by atoms with Gasteiger partial charge >= 0.3 is 6.09 Å². The Kier molecular flexibility index (Phi) is 4.62. The second kappa shape index (κ2) is 7.22. The molecule has 0 aliphatic carbocycles. The third-order valence-corrected chi connectivity index (χ3v) is 4.63. The molecule has 3 aromatic rings. The first-order valence-corrected chi connectivity index (χ1v) is 8.96. The van der Waals surface area contributed by atoms with E-state index in [4.69, 9.17) is 4.74 Å². The predicted octanol–water partition coefficient (Wildman–Crippen LogP) is 3.78. The van der Waals surface area contributed by atoms with Crippen molar-refractivity contribution in [3.63, 3.8) is 0 Å². The number of carbonyl (C=O) groups excluding carboxylic acids is 1. The lowest BCUT2D eigenvalue weighted by Gasteiger charge is -2.26. The van der Waals surface area contributed by atoms with Crippen molar-refractivity contribution in [1.29, 1.82) is 0 Å². The molecule has 1 atom stereocenters. The number of nitrogens with zero attached hydrogens (tertiary/aromatic N) is 4. The smallest absolute Gasteiger partial charge is 0.412 e. The minimum absolute atomic E-state index is 0.0654. The van der Waals surface area contributed by atoms with E-state index in [1.807, 2.05) is 18.2 Å². The van der Waals surface area contributed by atoms with Crippen LogP contribution in [0.4, 0.5) is 20.8 Å². The molecule has 1 amide bonds. The first kappa shape index (κ1) is 17.3. The summed E-state index contributed by atoms with van der Waals surface area (Å²) in [6.45, 7) is 2.85. The molecule has 0 radical (unpaired) electrons. The van der Waals surface area contributed by atoms with E-state index in [1.165, 1.54) is 12.3 Å². The Balaban J connectivity index is 1.65. The van der Waals surface area contributed by atoms with E-state index >= 15 is 0 Å². The number of anilines is 2. The maximum atomic E-state index is 13.7. The second-order valence-corrected chi connectivity index (χ2v) is 6.36. The molecule has 4 rings (SSSR count). The van der Waals surface area contributed by atoms with Crippen LogP contribution >= 0.6 is 0 Å². The van der Waals surface area contributed by atoms with E-state index < -0.39 is 6.09 Å². The number of ether oxygens (including phenoxy) is 1. The third kappa shape index (κ3) is 3.42. The van der Waals surface area contributed by atoms with Crippen molar-refractivity contribution in [2.45, 2.75) is 25.8 Å². The summed E-state index contributed by atoms with van der Waals surface area (Å²) < 4.78 is 20.1. The number of benzene rings is 1. The predicted molar refractivity (Wildman–Crippen MR) is 99.4 cm³/mol. The normalized spacial score (nSPS) is 16.7. The zero-order valence-corrected chi connectivity index (χ0v) is 14.9. The maximum Gasteiger partial charge on any atom is 0.412 e. The molecule has 8 heteroatoms. The number of hydrogen-bond donors (Lipinski definition) is 1. The molecular formula is C19H20FN5O2. The van der Waals surface area contributed by atoms with E-state index in [-0.39, 0.29) is 18.5 Å². The summed E-state index contributed by atoms with van der Waals surface area (Å²) in [5.74, 6) is 0.948. The molecule has 0 saturated carbocycles. The van der Waals surface area contributed by atoms with Crippen LogP contribution in [0.2, 0.25) is 0 Å². The molecule has 140 valence electrons. The molecule has 2 aromatic heterocycles. The number of nitrogens with one attached hydrogen (secondary N) is 1. The van der Waals surface area contributed by atoms with Crippen LogP contribution in [0, 0.1) is 5.82 Å². The standard InChI is InChI=1S/C19H20FN5O2/c1-2-27-19(26)22-18-12-21-16-8-9-17(23-25(16)18)24-10-4-7-15(24)13-5-3-6-14(20)11-13/h3,5-6,8-9,11-12,15H,2,4,7,10H2,1H3,(H,22,26). The number of imidazole rings is 1. The van der Waals surface area contributed by atoms with Gasteiger partial charge in [0.15, 0.2) is 11.5 Å². The number of amides is 1. The first-order valence-electron chi connectivity index (χ1n) is 8.96. The largest absolute Gasteiger partial charge is 0.450 e. The van der Waals surface area contributed by atoms with E-state index in [2.05, 4.69) is 20.3 Å². The Hall–Kier alpha value is -3.16. The molecular weight excluding hydrogens is 349 g/mol. The fraction of sp³-hybridized carbons (Fsp3) is 0.316. The molecule has 1 aliphatic rings. The van der Waals surface area contributed by atoms with Gasteiger partial charge in [-0.3, -0.25) is 5.32 Å². The van der Waals surface area contributed by atoms with Gasteiger partial charge in [0.25, 0.3) is 0 Å². The molecule has 1 aliphatic heterocycles. The van der Waals surface area contributed by atoms with Crippen molar-refractivity contribution in [2.75, 3.05) is 23.4 Å². The van der Waals surface area contributed by atoms with E-state index in [1.54, 1.807) is 23.6 Å². The fourth-order valence-corrected chi connectivity index (χ4v) is 3.48. The van der Waals surface area contributed by atoms with Gasteiger partial charge in [-0.25, -0.2) is 14.2 Å². The summed E-state index contributed by atoms with van der Waals surface area (Å²) in [5.41, 5.74) is 1.55. The number of fused-ring (bicyclic) bond motifs is 1. The van der Waals surface area contributed by atoms with Crippen molar-refractivity contribution in [3.8, 4) is 0 Å². The Labute approximate surface area is 155 Å². The topological polar surface area (TPSA) is 71.8 Å². The van der Waals surface area contributed by atoms with Gasteiger partial charge in [0, 0.05) is 6.54 Å². The second-order valence-electron chi connectivity index (χ2n) is 6.36. The number of hydrogen-bond acceptors (Lipinski definition) is 5. The van der Waals surface area contributed by atoms with Crippen molar-refractivity contribution < 1.29 is 13.9 Å². The Morgan fingerprint density at radius 3 is 3.07 bits per heavy atom. The molecule has 0 bridgehead atoms. The quantitative estimate of drug-likeness (QED) is 0.758. The fourth-order valence-electron chi connectivity index (χ4n) is 3.48. The van der Waals surface area contributed by atoms with E-state index in [9.17, 15) is 9.18 Å². The van der Waals surface area contributed by atoms with Crippen LogP contribution in [0.5, 0.6) is 0 Å². The summed E-state index contributed by atoms with van der Waals surface area (Å²) in [7, 11) is 0. The molecule has 1 saturated heterocycles. The lowest BCUT2D eigenvalue weighted by molar-refractivity contribution is 0.167. The van der Waals surface area contributed by atoms with Crippen LogP contribution in [-0.4, -0.2) is 33.8 Å². The van der Waals surface area contributed by atoms with Crippen molar-refractivity contribution >= 4 is 23.4 Å². The zero-order chi connectivity index (χ0) is 18.8. The van der Waals surface area contributed by atoms with Crippen LogP contribution in [-0.2, 0) is 4.74 Å². The minimum atomic E-state index is -0.551. The van der Waals surface area contributed by atoms with Crippen molar-refractivity contribution in [3.05, 3.63) is 54.0 Å². The van der Waals surface area contributed by atoms with Gasteiger partial charge in [0.05, 0.1) is 18.8 Å². The summed E-state index contributed by atoms with van der Waals surface area (Å²) in [5, 5.41) is 7.29. The average Bonchev–Trinajstić information content (AvgIpc) is 3.29. The first-order chi connectivity index (χ1) is 13.2. The van der Waals surface area contributed by atoms with Crippen molar-refractivity contribution in [1.82, 2.24) is 14.6 Å². The van der Waals surface area contributed by atoms with Gasteiger partial charge < -0.3 is 9.64 Å². The molecule has 0 spiro atoms. The van der Waals surface area contributed by atoms with Gasteiger partial charge in [0.1, 0.15) is 11.6 Å². The van der Waals surface area contributed by atoms with Gasteiger partial charge in [-0.2, -0.15) is 4.52 Å². The number of rotatable bonds is 4. The molecule has 1 unspecified atom stereocenters. The van der Waals surface area contributed by atoms with Crippen LogP contribution < -0.4 is 10.2 Å². The number of carbonyl (C=O) groups is 1. The van der Waals surface area contributed by atoms with Crippen molar-refractivity contribution in [2.24, 2.45) is 0 Å². The van der Waals surface area contributed by atoms with Crippen LogP contribution in [0.1, 0.15) is 31.4 Å². The zero-order valence-electron chi connectivity index (χ0n) is 14.9. The highest BCUT2D eigenvalue weighted by Crippen LogP contribution is 2.35. The highest BCUT2D eigenvalue weighted by molar-refractivity contribution is 5.83. The Bertz CT molecular complexity index is 974. The Morgan fingerprint density at radius 1 is 1.37 bits per heavy atom. The molecule has 1 N–H and O–H groups in total. The highest BCUT2D eigenvalue weighted by Gasteiger charge is 2.28. The molecule has 1 aromatic carbocycles. The number of halogens is 1. The molecule has 27 heavy (non-hydrogen) atoms. The van der Waals surface area contributed by atoms with Gasteiger partial charge in [-0.15, -0.1) is 5.10 Å². The van der Waals surface area contributed by atoms with E-state index in [0.29, 0.717) is 11.5 Å². The lowest BCUT2D eigenvalue weighted by atomic mass is 10.0. The van der Waals surface area contributed by atoms with Crippen LogP contribution in [0.3, 0.4) is 0 Å². The monoisotopic (exact) mass is 369 g/mol. The highest BCUT2D eigenvalue weighted by atomic mass is 19.1. The molecule has 1 fully saturated rings. The summed E-state index contributed by atoms with van der Waals surface area (Å²) in [4.78, 5) is 18.1. The minimum Gasteiger partial charge on any atom is -0.450 e. The lowest BCUT2D eigenvalue weighted by Crippen LogP contribution is -2.24. The Morgan fingerprint density at radius 2 is 2.26 bits per heavy atom. The number of aromatic nitrogens is 3. The van der Waals surface area contributed by atoms with Gasteiger partial charge in [-0.05, 0) is 49.6 Å². The SMILES string of the molecule is CCOC(=O)Nc1cnc2ccc(N3CCCC3c3cccc(F)c3)nn12. The third-order valence-electron chi connectivity index (χ3n) is 4.63.